The first-order valence-electron chi connectivity index (χ1n) is 32.5. The molecule has 7 aliphatic rings. The van der Waals surface area contributed by atoms with Crippen molar-refractivity contribution in [2.75, 3.05) is 26.4 Å². The van der Waals surface area contributed by atoms with Gasteiger partial charge in [0.2, 0.25) is 0 Å². The fourth-order valence-corrected chi connectivity index (χ4v) is 13.2. The predicted octanol–water partition coefficient (Wildman–Crippen LogP) is 13.5. The zero-order chi connectivity index (χ0) is 65.9. The normalized spacial score (nSPS) is 19.0. The fraction of sp³-hybridized carbons (Fsp3) is 0.400. The molecule has 0 N–H and O–H groups in total. The van der Waals surface area contributed by atoms with Crippen molar-refractivity contribution in [2.45, 2.75) is 182 Å². The summed E-state index contributed by atoms with van der Waals surface area (Å²) in [7, 11) is 0. The van der Waals surface area contributed by atoms with Crippen LogP contribution in [0, 0.1) is 0 Å². The van der Waals surface area contributed by atoms with E-state index in [4.69, 9.17) is 18.9 Å². The Hall–Kier alpha value is -8.64. The van der Waals surface area contributed by atoms with Crippen LogP contribution in [0.15, 0.2) is 142 Å². The van der Waals surface area contributed by atoms with Gasteiger partial charge in [-0.25, -0.2) is 0 Å². The third kappa shape index (κ3) is 14.1. The average molecular weight is 1240 g/mol. The molecule has 20 bridgehead atoms. The number of hydrogen-bond donors (Lipinski definition) is 0. The van der Waals surface area contributed by atoms with Crippen LogP contribution in [0.3, 0.4) is 0 Å². The first kappa shape index (κ1) is 64.9. The first-order valence-corrected chi connectivity index (χ1v) is 32.5. The lowest BCUT2D eigenvalue weighted by Crippen LogP contribution is -2.22. The van der Waals surface area contributed by atoms with Crippen LogP contribution in [-0.4, -0.2) is 72.7 Å². The van der Waals surface area contributed by atoms with Gasteiger partial charge < -0.3 is 18.9 Å². The van der Waals surface area contributed by atoms with Crippen LogP contribution in [-0.2, 0) is 111 Å². The van der Waals surface area contributed by atoms with Gasteiger partial charge in [0.15, 0.2) is 46.3 Å². The number of hydrogen-bond acceptors (Lipinski definition) is 12. The van der Waals surface area contributed by atoms with Crippen LogP contribution < -0.4 is 18.9 Å². The molecule has 0 unspecified atom stereocenters. The second kappa shape index (κ2) is 25.1. The molecule has 0 spiro atoms. The lowest BCUT2D eigenvalue weighted by Gasteiger charge is -2.28. The van der Waals surface area contributed by atoms with Crippen molar-refractivity contribution >= 4 is 46.3 Å². The molecule has 11 rings (SSSR count). The Bertz CT molecular complexity index is 3430. The molecule has 0 aromatic heterocycles. The van der Waals surface area contributed by atoms with Crippen molar-refractivity contribution in [3.8, 4) is 23.0 Å². The summed E-state index contributed by atoms with van der Waals surface area (Å²) in [4.78, 5) is 117. The van der Waals surface area contributed by atoms with E-state index in [1.54, 1.807) is 0 Å². The summed E-state index contributed by atoms with van der Waals surface area (Å²) in [6.07, 6.45) is 13.4. The Kier molecular flexibility index (Phi) is 17.7. The molecule has 0 saturated carbocycles. The molecule has 12 nitrogen and oxygen atoms in total. The molecule has 0 radical (unpaired) electrons. The number of ether oxygens (including phenoxy) is 4. The maximum Gasteiger partial charge on any atom is 0.185 e. The summed E-state index contributed by atoms with van der Waals surface area (Å²) in [6.45, 7) is 25.6. The van der Waals surface area contributed by atoms with Crippen LogP contribution in [0.25, 0.3) is 0 Å². The standard InChI is InChI=1S/C80H84O12/c1-77(2,3)61-29-53-21-45-37-65(81)39-47(69(45)85)23-55-31-62(78(4,5)6)32-56-24-48-40-66(82)38-46(70(48)86)22-54(30-61)73(53)89-17-13-14-18-90-75-57-25-49-41-67(83)43-51(71(49)87)27-59-35-64(80(10,11)12)36-60(76(59)92-20-16-15-19-91-74(55)56)28-52-44-68(84)42-50(72(52)88)26-58(75)34-63(33-57)79(7,8)9/h29-44H,13-28H2,1-12H3. The maximum atomic E-state index is 15.1. The molecule has 0 fully saturated rings. The number of carbonyl (C=O) groups excluding carboxylic acids is 8. The van der Waals surface area contributed by atoms with E-state index >= 15 is 19.2 Å². The molecule has 0 saturated heterocycles. The molecule has 0 amide bonds. The van der Waals surface area contributed by atoms with Crippen molar-refractivity contribution in [2.24, 2.45) is 0 Å². The van der Waals surface area contributed by atoms with E-state index in [1.165, 1.54) is 48.6 Å². The average Bonchev–Trinajstić information content (AvgIpc) is 0.794. The molecular weight excluding hydrogens is 1150 g/mol. The van der Waals surface area contributed by atoms with Crippen molar-refractivity contribution in [3.63, 3.8) is 0 Å². The van der Waals surface area contributed by atoms with Gasteiger partial charge in [0, 0.05) is 96.0 Å². The molecule has 6 aliphatic carbocycles. The summed E-state index contributed by atoms with van der Waals surface area (Å²) in [5, 5.41) is 0. The largest absolute Gasteiger partial charge is 0.493 e. The Morgan fingerprint density at radius 3 is 0.511 bits per heavy atom. The summed E-state index contributed by atoms with van der Waals surface area (Å²) < 4.78 is 27.6. The zero-order valence-electron chi connectivity index (χ0n) is 55.5. The molecule has 1 aliphatic heterocycles. The van der Waals surface area contributed by atoms with Crippen molar-refractivity contribution in [1.29, 1.82) is 0 Å². The van der Waals surface area contributed by atoms with E-state index in [9.17, 15) is 19.2 Å². The number of carbonyl (C=O) groups is 8. The maximum absolute atomic E-state index is 15.1. The SMILES string of the molecule is CC(C)(C)c1cc2c3c(c1)CC1=CC(=O)C=C(Cc4cc(C(C)(C)C)cc(c4OCCCCOc4c5cc(C(C)(C)C)cc4CC4=CC(=O)C=C(Cc6cc(C(C)(C)C)cc(c6OCCCCO3)CC3=CC(=O)C=C(C5)C3=O)C4=O)CC3=CC(=O)C=C(C2)C3=O)C1=O. The van der Waals surface area contributed by atoms with Gasteiger partial charge in [0.25, 0.3) is 0 Å². The predicted molar refractivity (Wildman–Crippen MR) is 355 cm³/mol. The van der Waals surface area contributed by atoms with Gasteiger partial charge in [-0.15, -0.1) is 0 Å². The minimum atomic E-state index is -0.418. The van der Waals surface area contributed by atoms with Crippen LogP contribution in [0.4, 0.5) is 0 Å². The zero-order valence-corrected chi connectivity index (χ0v) is 55.5. The number of allylic oxidation sites excluding steroid dienone is 16. The summed E-state index contributed by atoms with van der Waals surface area (Å²) in [6, 6.07) is 16.1. The molecule has 4 aromatic carbocycles. The van der Waals surface area contributed by atoms with Crippen molar-refractivity contribution < 1.29 is 57.3 Å². The van der Waals surface area contributed by atoms with Gasteiger partial charge in [-0.05, 0) is 163 Å². The fourth-order valence-electron chi connectivity index (χ4n) is 13.2. The van der Waals surface area contributed by atoms with Crippen LogP contribution in [0.1, 0.15) is 176 Å². The molecule has 92 heavy (non-hydrogen) atoms. The third-order valence-electron chi connectivity index (χ3n) is 18.4. The highest BCUT2D eigenvalue weighted by atomic mass is 16.5. The van der Waals surface area contributed by atoms with Crippen LogP contribution >= 0.6 is 0 Å². The van der Waals surface area contributed by atoms with Gasteiger partial charge in [0.1, 0.15) is 23.0 Å². The Morgan fingerprint density at radius 1 is 0.239 bits per heavy atom. The summed E-state index contributed by atoms with van der Waals surface area (Å²) in [5.74, 6) is -0.500. The molecule has 12 heteroatoms. The van der Waals surface area contributed by atoms with Crippen LogP contribution in [0.2, 0.25) is 0 Å². The highest BCUT2D eigenvalue weighted by molar-refractivity contribution is 6.23. The van der Waals surface area contributed by atoms with E-state index in [-0.39, 0.29) is 124 Å². The molecular formula is C80H84O12. The minimum absolute atomic E-state index is 0.0382. The number of benzene rings is 4. The van der Waals surface area contributed by atoms with Gasteiger partial charge in [0.05, 0.1) is 26.4 Å². The smallest absolute Gasteiger partial charge is 0.185 e. The van der Waals surface area contributed by atoms with Gasteiger partial charge in [-0.1, -0.05) is 132 Å². The van der Waals surface area contributed by atoms with E-state index in [0.29, 0.717) is 138 Å². The quantitative estimate of drug-likeness (QED) is 0.153. The van der Waals surface area contributed by atoms with E-state index < -0.39 is 21.7 Å². The van der Waals surface area contributed by atoms with E-state index in [0.717, 1.165) is 22.3 Å². The minimum Gasteiger partial charge on any atom is -0.493 e. The van der Waals surface area contributed by atoms with Gasteiger partial charge >= 0.3 is 0 Å². The molecule has 0 atom stereocenters. The monoisotopic (exact) mass is 1240 g/mol. The Balaban J connectivity index is 1.08. The van der Waals surface area contributed by atoms with Gasteiger partial charge in [-0.3, -0.25) is 38.4 Å². The number of Topliss-reactive ketones (excluding diaryl/α,β-unsaturated/α-hetero) is 4. The van der Waals surface area contributed by atoms with E-state index in [2.05, 4.69) is 83.1 Å². The van der Waals surface area contributed by atoms with Crippen molar-refractivity contribution in [3.05, 3.63) is 208 Å². The first-order chi connectivity index (χ1) is 43.3. The topological polar surface area (TPSA) is 173 Å². The second-order valence-corrected chi connectivity index (χ2v) is 30.0. The Labute approximate surface area is 540 Å². The third-order valence-corrected chi connectivity index (χ3v) is 18.4. The summed E-state index contributed by atoms with van der Waals surface area (Å²) in [5.41, 5.74) is 9.51. The van der Waals surface area contributed by atoms with E-state index in [1.807, 2.05) is 48.5 Å². The van der Waals surface area contributed by atoms with Gasteiger partial charge in [-0.2, -0.15) is 0 Å². The molecule has 4 aromatic rings. The lowest BCUT2D eigenvalue weighted by molar-refractivity contribution is -0.115. The molecule has 1 heterocycles. The Morgan fingerprint density at radius 2 is 0.380 bits per heavy atom. The highest BCUT2D eigenvalue weighted by Crippen LogP contribution is 2.43. The summed E-state index contributed by atoms with van der Waals surface area (Å²) >= 11 is 0. The van der Waals surface area contributed by atoms with Crippen molar-refractivity contribution in [1.82, 2.24) is 0 Å². The number of fused-ring (bicyclic) bond motifs is 4. The number of ketones is 8. The second-order valence-electron chi connectivity index (χ2n) is 30.0. The van der Waals surface area contributed by atoms with Crippen LogP contribution in [0.5, 0.6) is 23.0 Å². The number of rotatable bonds is 0. The molecule has 476 valence electrons. The lowest BCUT2D eigenvalue weighted by atomic mass is 9.79. The highest BCUT2D eigenvalue weighted by Gasteiger charge is 2.35.